The van der Waals surface area contributed by atoms with E-state index >= 15 is 0 Å². The summed E-state index contributed by atoms with van der Waals surface area (Å²) < 4.78 is 0. The molecule has 0 aromatic carbocycles. The summed E-state index contributed by atoms with van der Waals surface area (Å²) in [6, 6.07) is 0. The third-order valence-corrected chi connectivity index (χ3v) is 1.95. The average Bonchev–Trinajstić information content (AvgIpc) is 2.27. The molecule has 0 saturated heterocycles. The van der Waals surface area contributed by atoms with Crippen molar-refractivity contribution in [1.29, 1.82) is 0 Å². The lowest BCUT2D eigenvalue weighted by molar-refractivity contribution is 0.927. The maximum Gasteiger partial charge on any atom is 0.0332 e. The second-order valence-electron chi connectivity index (χ2n) is 2.61. The molecular weight excluding hydrogens is 134 g/mol. The van der Waals surface area contributed by atoms with Crippen LogP contribution in [0.2, 0.25) is 0 Å². The van der Waals surface area contributed by atoms with Crippen molar-refractivity contribution in [2.24, 2.45) is 0 Å². The largest absolute Gasteiger partial charge is 0.388 e. The molecule has 1 aliphatic carbocycles. The Morgan fingerprint density at radius 1 is 1.45 bits per heavy atom. The highest BCUT2D eigenvalue weighted by molar-refractivity contribution is 5.30. The topological polar surface area (TPSA) is 12.0 Å². The molecular formula is C10H15N. The SMILES string of the molecule is CCC1=C(NC)C=CC=CC1. The van der Waals surface area contributed by atoms with Gasteiger partial charge in [-0.25, -0.2) is 0 Å². The van der Waals surface area contributed by atoms with E-state index in [-0.39, 0.29) is 0 Å². The molecule has 11 heavy (non-hydrogen) atoms. The summed E-state index contributed by atoms with van der Waals surface area (Å²) in [7, 11) is 1.97. The summed E-state index contributed by atoms with van der Waals surface area (Å²) in [5.41, 5.74) is 2.76. The summed E-state index contributed by atoms with van der Waals surface area (Å²) in [6.07, 6.45) is 10.7. The molecule has 1 rings (SSSR count). The van der Waals surface area contributed by atoms with E-state index in [4.69, 9.17) is 0 Å². The summed E-state index contributed by atoms with van der Waals surface area (Å²) >= 11 is 0. The third-order valence-electron chi connectivity index (χ3n) is 1.95. The van der Waals surface area contributed by atoms with Crippen LogP contribution in [0.25, 0.3) is 0 Å². The van der Waals surface area contributed by atoms with E-state index in [1.165, 1.54) is 11.3 Å². The molecule has 0 fully saturated rings. The zero-order valence-corrected chi connectivity index (χ0v) is 7.22. The Bertz CT molecular complexity index is 209. The molecule has 0 unspecified atom stereocenters. The molecule has 0 aromatic rings. The van der Waals surface area contributed by atoms with Gasteiger partial charge in [0, 0.05) is 12.7 Å². The van der Waals surface area contributed by atoms with Crippen LogP contribution in [0.1, 0.15) is 19.8 Å². The van der Waals surface area contributed by atoms with Gasteiger partial charge in [-0.3, -0.25) is 0 Å². The normalized spacial score (nSPS) is 16.9. The van der Waals surface area contributed by atoms with Gasteiger partial charge < -0.3 is 5.32 Å². The van der Waals surface area contributed by atoms with E-state index in [0.29, 0.717) is 0 Å². The highest BCUT2D eigenvalue weighted by Gasteiger charge is 1.99. The van der Waals surface area contributed by atoms with E-state index in [0.717, 1.165) is 12.8 Å². The van der Waals surface area contributed by atoms with Gasteiger partial charge in [0.25, 0.3) is 0 Å². The monoisotopic (exact) mass is 149 g/mol. The number of hydrogen-bond acceptors (Lipinski definition) is 1. The second kappa shape index (κ2) is 4.02. The minimum absolute atomic E-state index is 1.08. The Morgan fingerprint density at radius 2 is 2.27 bits per heavy atom. The Hall–Kier alpha value is -0.980. The van der Waals surface area contributed by atoms with Gasteiger partial charge in [-0.05, 0) is 24.5 Å². The highest BCUT2D eigenvalue weighted by atomic mass is 14.8. The van der Waals surface area contributed by atoms with Gasteiger partial charge in [0.1, 0.15) is 0 Å². The fourth-order valence-electron chi connectivity index (χ4n) is 1.26. The Morgan fingerprint density at radius 3 is 2.91 bits per heavy atom. The lowest BCUT2D eigenvalue weighted by Crippen LogP contribution is -2.06. The summed E-state index contributed by atoms with van der Waals surface area (Å²) in [4.78, 5) is 0. The molecule has 0 aliphatic heterocycles. The Balaban J connectivity index is 2.85. The molecule has 1 nitrogen and oxygen atoms in total. The maximum absolute atomic E-state index is 3.20. The molecule has 60 valence electrons. The minimum Gasteiger partial charge on any atom is -0.388 e. The van der Waals surface area contributed by atoms with E-state index in [2.05, 4.69) is 36.5 Å². The molecule has 1 heteroatoms. The van der Waals surface area contributed by atoms with Crippen LogP contribution in [-0.4, -0.2) is 7.05 Å². The van der Waals surface area contributed by atoms with E-state index in [1.54, 1.807) is 0 Å². The number of hydrogen-bond donors (Lipinski definition) is 1. The van der Waals surface area contributed by atoms with Crippen LogP contribution in [0, 0.1) is 0 Å². The van der Waals surface area contributed by atoms with Gasteiger partial charge in [0.05, 0.1) is 0 Å². The minimum atomic E-state index is 1.08. The molecule has 1 aliphatic rings. The van der Waals surface area contributed by atoms with Crippen LogP contribution in [0.4, 0.5) is 0 Å². The van der Waals surface area contributed by atoms with Crippen LogP contribution in [0.5, 0.6) is 0 Å². The molecule has 0 bridgehead atoms. The predicted octanol–water partition coefficient (Wildman–Crippen LogP) is 2.39. The average molecular weight is 149 g/mol. The Labute approximate surface area is 68.5 Å². The smallest absolute Gasteiger partial charge is 0.0332 e. The molecule has 0 aromatic heterocycles. The number of rotatable bonds is 2. The van der Waals surface area contributed by atoms with Crippen LogP contribution < -0.4 is 5.32 Å². The summed E-state index contributed by atoms with van der Waals surface area (Å²) in [6.45, 7) is 2.19. The van der Waals surface area contributed by atoms with Gasteiger partial charge in [-0.2, -0.15) is 0 Å². The summed E-state index contributed by atoms with van der Waals surface area (Å²) in [5.74, 6) is 0. The highest BCUT2D eigenvalue weighted by Crippen LogP contribution is 2.15. The molecule has 1 N–H and O–H groups in total. The molecule has 0 saturated carbocycles. The van der Waals surface area contributed by atoms with Crippen LogP contribution >= 0.6 is 0 Å². The van der Waals surface area contributed by atoms with Gasteiger partial charge in [0.15, 0.2) is 0 Å². The van der Waals surface area contributed by atoms with E-state index in [9.17, 15) is 0 Å². The fourth-order valence-corrected chi connectivity index (χ4v) is 1.26. The van der Waals surface area contributed by atoms with Crippen molar-refractivity contribution in [3.8, 4) is 0 Å². The quantitative estimate of drug-likeness (QED) is 0.635. The van der Waals surface area contributed by atoms with Crippen molar-refractivity contribution < 1.29 is 0 Å². The van der Waals surface area contributed by atoms with Crippen molar-refractivity contribution in [1.82, 2.24) is 5.32 Å². The number of likely N-dealkylation sites (N-methyl/N-ethyl adjacent to an activating group) is 1. The standard InChI is InChI=1S/C10H15N/c1-3-9-7-5-4-6-8-10(9)11-2/h4-6,8,11H,3,7H2,1-2H3. The van der Waals surface area contributed by atoms with Crippen LogP contribution in [-0.2, 0) is 0 Å². The zero-order chi connectivity index (χ0) is 8.10. The first-order valence-electron chi connectivity index (χ1n) is 4.11. The van der Waals surface area contributed by atoms with Crippen molar-refractivity contribution in [2.45, 2.75) is 19.8 Å². The maximum atomic E-state index is 3.20. The van der Waals surface area contributed by atoms with Crippen LogP contribution in [0.15, 0.2) is 35.6 Å². The number of allylic oxidation sites excluding steroid dienone is 5. The summed E-state index contributed by atoms with van der Waals surface area (Å²) in [5, 5.41) is 3.20. The lowest BCUT2D eigenvalue weighted by Gasteiger charge is -2.06. The van der Waals surface area contributed by atoms with E-state index in [1.807, 2.05) is 7.05 Å². The van der Waals surface area contributed by atoms with Crippen molar-refractivity contribution >= 4 is 0 Å². The van der Waals surface area contributed by atoms with Crippen molar-refractivity contribution in [3.05, 3.63) is 35.6 Å². The van der Waals surface area contributed by atoms with Crippen molar-refractivity contribution in [3.63, 3.8) is 0 Å². The molecule has 0 amide bonds. The van der Waals surface area contributed by atoms with Crippen molar-refractivity contribution in [2.75, 3.05) is 7.05 Å². The second-order valence-corrected chi connectivity index (χ2v) is 2.61. The first-order chi connectivity index (χ1) is 5.38. The Kier molecular flexibility index (Phi) is 2.96. The first kappa shape index (κ1) is 8.12. The van der Waals surface area contributed by atoms with Gasteiger partial charge in [0.2, 0.25) is 0 Å². The molecule has 0 spiro atoms. The predicted molar refractivity (Wildman–Crippen MR) is 49.3 cm³/mol. The fraction of sp³-hybridized carbons (Fsp3) is 0.400. The van der Waals surface area contributed by atoms with Crippen LogP contribution in [0.3, 0.4) is 0 Å². The van der Waals surface area contributed by atoms with E-state index < -0.39 is 0 Å². The molecule has 0 atom stereocenters. The van der Waals surface area contributed by atoms with Gasteiger partial charge in [-0.1, -0.05) is 25.2 Å². The first-order valence-corrected chi connectivity index (χ1v) is 4.11. The zero-order valence-electron chi connectivity index (χ0n) is 7.22. The number of nitrogens with one attached hydrogen (secondary N) is 1. The lowest BCUT2D eigenvalue weighted by atomic mass is 10.1. The van der Waals surface area contributed by atoms with Gasteiger partial charge >= 0.3 is 0 Å². The molecule has 0 radical (unpaired) electrons. The molecule has 0 heterocycles. The van der Waals surface area contributed by atoms with Gasteiger partial charge in [-0.15, -0.1) is 0 Å². The third kappa shape index (κ3) is 1.97.